The molecule has 1 heterocycles. The maximum atomic E-state index is 13.2. The number of nitrogens with one attached hydrogen (secondary N) is 2. The summed E-state index contributed by atoms with van der Waals surface area (Å²) >= 11 is 0. The molecule has 0 aromatic heterocycles. The van der Waals surface area contributed by atoms with Crippen LogP contribution in [-0.2, 0) is 25.6 Å². The first-order chi connectivity index (χ1) is 15.1. The van der Waals surface area contributed by atoms with Gasteiger partial charge in [0.25, 0.3) is 0 Å². The molecule has 3 atom stereocenters. The highest BCUT2D eigenvalue weighted by Gasteiger charge is 2.38. The molecule has 0 spiro atoms. The number of carboxylic acid groups (broad SMARTS) is 1. The largest absolute Gasteiger partial charge is 0.508 e. The Labute approximate surface area is 187 Å². The Bertz CT molecular complexity index is 826. The van der Waals surface area contributed by atoms with E-state index in [2.05, 4.69) is 10.6 Å². The Hall–Kier alpha value is -3.14. The first-order valence-corrected chi connectivity index (χ1v) is 10.7. The zero-order valence-corrected chi connectivity index (χ0v) is 18.4. The van der Waals surface area contributed by atoms with E-state index < -0.39 is 42.5 Å². The molecule has 1 aromatic carbocycles. The summed E-state index contributed by atoms with van der Waals surface area (Å²) in [6.07, 6.45) is 1.65. The van der Waals surface area contributed by atoms with Crippen molar-refractivity contribution in [1.82, 2.24) is 15.5 Å². The van der Waals surface area contributed by atoms with Crippen LogP contribution in [0.1, 0.15) is 38.7 Å². The summed E-state index contributed by atoms with van der Waals surface area (Å²) in [7, 11) is 0. The van der Waals surface area contributed by atoms with E-state index in [0.717, 1.165) is 5.56 Å². The molecule has 10 nitrogen and oxygen atoms in total. The number of aromatic hydroxyl groups is 1. The third-order valence-electron chi connectivity index (χ3n) is 5.30. The zero-order chi connectivity index (χ0) is 23.8. The zero-order valence-electron chi connectivity index (χ0n) is 18.4. The van der Waals surface area contributed by atoms with Gasteiger partial charge in [-0.3, -0.25) is 19.2 Å². The number of hydrogen-bond donors (Lipinski definition) is 5. The number of carbonyl (C=O) groups excluding carboxylic acids is 3. The first-order valence-electron chi connectivity index (χ1n) is 10.7. The number of likely N-dealkylation sites (tertiary alicyclic amines) is 1. The van der Waals surface area contributed by atoms with Gasteiger partial charge in [-0.2, -0.15) is 0 Å². The van der Waals surface area contributed by atoms with Crippen LogP contribution < -0.4 is 16.4 Å². The van der Waals surface area contributed by atoms with E-state index in [1.165, 1.54) is 17.0 Å². The maximum Gasteiger partial charge on any atom is 0.322 e. The Balaban J connectivity index is 2.06. The molecule has 1 saturated heterocycles. The van der Waals surface area contributed by atoms with E-state index in [1.807, 2.05) is 13.8 Å². The number of rotatable bonds is 10. The average molecular weight is 449 g/mol. The highest BCUT2D eigenvalue weighted by molar-refractivity contribution is 5.94. The molecule has 1 aliphatic rings. The van der Waals surface area contributed by atoms with Crippen molar-refractivity contribution >= 4 is 23.7 Å². The molecule has 10 heteroatoms. The fraction of sp³-hybridized carbons (Fsp3) is 0.545. The van der Waals surface area contributed by atoms with Gasteiger partial charge in [0.2, 0.25) is 17.7 Å². The van der Waals surface area contributed by atoms with Gasteiger partial charge >= 0.3 is 5.97 Å². The van der Waals surface area contributed by atoms with Crippen LogP contribution in [0.2, 0.25) is 0 Å². The van der Waals surface area contributed by atoms with Gasteiger partial charge in [0, 0.05) is 6.54 Å². The number of amides is 3. The number of carbonyl (C=O) groups is 4. The van der Waals surface area contributed by atoms with Crippen LogP contribution >= 0.6 is 0 Å². The topological polar surface area (TPSA) is 162 Å². The highest BCUT2D eigenvalue weighted by Crippen LogP contribution is 2.20. The SMILES string of the molecule is CC(C)CC(NC(=O)C(N)Cc1ccc(O)cc1)C(=O)N1CCCC1C(=O)NCC(=O)O. The smallest absolute Gasteiger partial charge is 0.322 e. The molecule has 1 fully saturated rings. The van der Waals surface area contributed by atoms with Crippen molar-refractivity contribution in [3.63, 3.8) is 0 Å². The molecule has 2 rings (SSSR count). The van der Waals surface area contributed by atoms with Gasteiger partial charge in [-0.15, -0.1) is 0 Å². The van der Waals surface area contributed by atoms with Crippen molar-refractivity contribution in [3.05, 3.63) is 29.8 Å². The number of aliphatic carboxylic acids is 1. The summed E-state index contributed by atoms with van der Waals surface area (Å²) in [4.78, 5) is 50.5. The molecule has 0 saturated carbocycles. The monoisotopic (exact) mass is 448 g/mol. The van der Waals surface area contributed by atoms with Gasteiger partial charge < -0.3 is 31.5 Å². The number of nitrogens with zero attached hydrogens (tertiary/aromatic N) is 1. The normalized spacial score (nSPS) is 17.6. The minimum Gasteiger partial charge on any atom is -0.508 e. The van der Waals surface area contributed by atoms with Gasteiger partial charge in [-0.25, -0.2) is 0 Å². The fourth-order valence-electron chi connectivity index (χ4n) is 3.73. The lowest BCUT2D eigenvalue weighted by Gasteiger charge is -2.30. The Kier molecular flexibility index (Phi) is 9.01. The maximum absolute atomic E-state index is 13.2. The number of phenolic OH excluding ortho intramolecular Hbond substituents is 1. The molecule has 176 valence electrons. The van der Waals surface area contributed by atoms with Crippen molar-refractivity contribution in [2.24, 2.45) is 11.7 Å². The van der Waals surface area contributed by atoms with Gasteiger partial charge in [0.1, 0.15) is 24.4 Å². The molecular formula is C22H32N4O6. The summed E-state index contributed by atoms with van der Waals surface area (Å²) in [5.74, 6) is -2.33. The number of benzene rings is 1. The van der Waals surface area contributed by atoms with Crippen molar-refractivity contribution in [3.8, 4) is 5.75 Å². The fourth-order valence-corrected chi connectivity index (χ4v) is 3.73. The van der Waals surface area contributed by atoms with Crippen molar-refractivity contribution in [2.75, 3.05) is 13.1 Å². The number of nitrogens with two attached hydrogens (primary N) is 1. The van der Waals surface area contributed by atoms with Crippen LogP contribution in [-0.4, -0.2) is 70.0 Å². The summed E-state index contributed by atoms with van der Waals surface area (Å²) in [6, 6.07) is 3.85. The lowest BCUT2D eigenvalue weighted by atomic mass is 10.0. The third kappa shape index (κ3) is 7.23. The highest BCUT2D eigenvalue weighted by atomic mass is 16.4. The lowest BCUT2D eigenvalue weighted by molar-refractivity contribution is -0.143. The second-order valence-electron chi connectivity index (χ2n) is 8.47. The summed E-state index contributed by atoms with van der Waals surface area (Å²) in [5, 5.41) is 23.2. The van der Waals surface area contributed by atoms with Gasteiger partial charge in [-0.05, 0) is 49.3 Å². The second kappa shape index (κ2) is 11.5. The third-order valence-corrected chi connectivity index (χ3v) is 5.30. The quantitative estimate of drug-likeness (QED) is 0.336. The summed E-state index contributed by atoms with van der Waals surface area (Å²) < 4.78 is 0. The van der Waals surface area contributed by atoms with Gasteiger partial charge in [0.05, 0.1) is 6.04 Å². The molecule has 3 amide bonds. The molecule has 6 N–H and O–H groups in total. The van der Waals surface area contributed by atoms with Crippen LogP contribution in [0.15, 0.2) is 24.3 Å². The van der Waals surface area contributed by atoms with E-state index in [0.29, 0.717) is 25.8 Å². The Morgan fingerprint density at radius 1 is 1.19 bits per heavy atom. The Morgan fingerprint density at radius 2 is 1.84 bits per heavy atom. The van der Waals surface area contributed by atoms with Crippen LogP contribution in [0.5, 0.6) is 5.75 Å². The van der Waals surface area contributed by atoms with E-state index >= 15 is 0 Å². The molecule has 0 aliphatic carbocycles. The lowest BCUT2D eigenvalue weighted by Crippen LogP contribution is -2.56. The van der Waals surface area contributed by atoms with Crippen LogP contribution in [0.4, 0.5) is 0 Å². The molecule has 3 unspecified atom stereocenters. The molecule has 0 bridgehead atoms. The molecule has 1 aromatic rings. The molecule has 0 radical (unpaired) electrons. The predicted molar refractivity (Wildman–Crippen MR) is 117 cm³/mol. The van der Waals surface area contributed by atoms with Gasteiger partial charge in [-0.1, -0.05) is 26.0 Å². The number of carboxylic acids is 1. The van der Waals surface area contributed by atoms with E-state index in [1.54, 1.807) is 12.1 Å². The summed E-state index contributed by atoms with van der Waals surface area (Å²) in [6.45, 7) is 3.68. The van der Waals surface area contributed by atoms with Crippen LogP contribution in [0.3, 0.4) is 0 Å². The predicted octanol–water partition coefficient (Wildman–Crippen LogP) is -0.0153. The minimum absolute atomic E-state index is 0.0967. The summed E-state index contributed by atoms with van der Waals surface area (Å²) in [5.41, 5.74) is 6.81. The molecular weight excluding hydrogens is 416 g/mol. The van der Waals surface area contributed by atoms with Crippen LogP contribution in [0.25, 0.3) is 0 Å². The first kappa shape index (κ1) is 25.1. The van der Waals surface area contributed by atoms with E-state index in [-0.39, 0.29) is 24.0 Å². The van der Waals surface area contributed by atoms with Gasteiger partial charge in [0.15, 0.2) is 0 Å². The van der Waals surface area contributed by atoms with Crippen molar-refractivity contribution in [2.45, 2.75) is 57.7 Å². The van der Waals surface area contributed by atoms with E-state index in [9.17, 15) is 24.3 Å². The molecule has 32 heavy (non-hydrogen) atoms. The second-order valence-corrected chi connectivity index (χ2v) is 8.47. The van der Waals surface area contributed by atoms with E-state index in [4.69, 9.17) is 10.8 Å². The standard InChI is InChI=1S/C22H32N4O6/c1-13(2)10-17(25-20(30)16(23)11-14-5-7-15(27)8-6-14)22(32)26-9-3-4-18(26)21(31)24-12-19(28)29/h5-8,13,16-18,27H,3-4,9-12,23H2,1-2H3,(H,24,31)(H,25,30)(H,28,29). The minimum atomic E-state index is -1.17. The average Bonchev–Trinajstić information content (AvgIpc) is 3.22. The van der Waals surface area contributed by atoms with Crippen molar-refractivity contribution < 1.29 is 29.4 Å². The Morgan fingerprint density at radius 3 is 2.44 bits per heavy atom. The number of hydrogen-bond acceptors (Lipinski definition) is 6. The van der Waals surface area contributed by atoms with Crippen molar-refractivity contribution in [1.29, 1.82) is 0 Å². The van der Waals surface area contributed by atoms with Crippen LogP contribution in [0, 0.1) is 5.92 Å². The molecule has 1 aliphatic heterocycles. The number of phenols is 1.